The van der Waals surface area contributed by atoms with Crippen LogP contribution in [0.1, 0.15) is 34.7 Å². The van der Waals surface area contributed by atoms with Crippen molar-refractivity contribution in [2.24, 2.45) is 0 Å². The van der Waals surface area contributed by atoms with Crippen LogP contribution in [0, 0.1) is 13.8 Å². The van der Waals surface area contributed by atoms with E-state index in [4.69, 9.17) is 35.4 Å². The molecule has 3 heterocycles. The smallest absolute Gasteiger partial charge is 0.174 e. The first kappa shape index (κ1) is 23.5. The minimum absolute atomic E-state index is 0.0616. The van der Waals surface area contributed by atoms with Gasteiger partial charge in [0.25, 0.3) is 0 Å². The lowest BCUT2D eigenvalue weighted by Crippen LogP contribution is -2.29. The molecule has 4 aromatic rings. The summed E-state index contributed by atoms with van der Waals surface area (Å²) in [6.07, 6.45) is 1.74. The van der Waals surface area contributed by atoms with Crippen molar-refractivity contribution in [3.63, 3.8) is 0 Å². The molecular formula is C26H22Cl2N4O2S. The fourth-order valence-corrected chi connectivity index (χ4v) is 5.42. The van der Waals surface area contributed by atoms with Crippen LogP contribution >= 0.6 is 35.4 Å². The number of aromatic nitrogens is 2. The van der Waals surface area contributed by atoms with Crippen LogP contribution in [0.15, 0.2) is 66.9 Å². The maximum Gasteiger partial charge on any atom is 0.174 e. The summed E-state index contributed by atoms with van der Waals surface area (Å²) in [5.74, 6) is 0.181. The molecule has 3 N–H and O–H groups in total. The fourth-order valence-electron chi connectivity index (χ4n) is 4.75. The summed E-state index contributed by atoms with van der Waals surface area (Å²) in [7, 11) is 0. The molecule has 2 aromatic heterocycles. The molecule has 0 bridgehead atoms. The Kier molecular flexibility index (Phi) is 6.09. The van der Waals surface area contributed by atoms with Crippen molar-refractivity contribution in [1.82, 2.24) is 14.9 Å². The van der Waals surface area contributed by atoms with Crippen molar-refractivity contribution in [2.75, 3.05) is 4.90 Å². The van der Waals surface area contributed by atoms with Crippen LogP contribution in [-0.4, -0.2) is 24.9 Å². The number of aryl methyl sites for hydroxylation is 1. The van der Waals surface area contributed by atoms with Crippen LogP contribution in [-0.2, 0) is 0 Å². The standard InChI is InChI=1S/C26H22Cl2N4O2S/c1-14-11-18(15(2)31(14)20-12-16(27)6-8-22(20)33)25-24(19-5-3-4-10-29-19)30-26(35)32(25)21-13-17(28)7-9-23(21)34/h3-13,24-25,33-34H,1-2H3,(H,30,35)/t24-,25+/m1/s1. The Labute approximate surface area is 218 Å². The lowest BCUT2D eigenvalue weighted by atomic mass is 9.96. The molecule has 35 heavy (non-hydrogen) atoms. The zero-order valence-electron chi connectivity index (χ0n) is 18.9. The van der Waals surface area contributed by atoms with E-state index >= 15 is 0 Å². The Bertz CT molecular complexity index is 1440. The molecule has 178 valence electrons. The van der Waals surface area contributed by atoms with Gasteiger partial charge < -0.3 is 25.0 Å². The van der Waals surface area contributed by atoms with Crippen molar-refractivity contribution >= 4 is 46.2 Å². The third-order valence-electron chi connectivity index (χ3n) is 6.26. The average molecular weight is 525 g/mol. The van der Waals surface area contributed by atoms with Crippen LogP contribution in [0.5, 0.6) is 11.5 Å². The van der Waals surface area contributed by atoms with Crippen LogP contribution in [0.3, 0.4) is 0 Å². The molecule has 1 aliphatic heterocycles. The molecule has 0 unspecified atom stereocenters. The number of benzene rings is 2. The number of phenolic OH excluding ortho intramolecular Hbond substituents is 2. The van der Waals surface area contributed by atoms with Crippen molar-refractivity contribution < 1.29 is 10.2 Å². The van der Waals surface area contributed by atoms with Crippen LogP contribution in [0.4, 0.5) is 5.69 Å². The van der Waals surface area contributed by atoms with E-state index in [1.165, 1.54) is 0 Å². The minimum atomic E-state index is -0.358. The molecule has 1 saturated heterocycles. The molecule has 0 radical (unpaired) electrons. The van der Waals surface area contributed by atoms with Gasteiger partial charge >= 0.3 is 0 Å². The fraction of sp³-hybridized carbons (Fsp3) is 0.154. The SMILES string of the molecule is Cc1cc([C@H]2[C@@H](c3ccccn3)NC(=S)N2c2cc(Cl)ccc2O)c(C)n1-c1cc(Cl)ccc1O. The molecule has 2 aromatic carbocycles. The molecule has 1 aliphatic rings. The second-order valence-electron chi connectivity index (χ2n) is 8.42. The topological polar surface area (TPSA) is 73.5 Å². The normalized spacial score (nSPS) is 17.6. The Morgan fingerprint density at radius 3 is 2.23 bits per heavy atom. The van der Waals surface area contributed by atoms with Gasteiger partial charge in [-0.3, -0.25) is 4.98 Å². The first-order valence-electron chi connectivity index (χ1n) is 10.9. The quantitative estimate of drug-likeness (QED) is 0.269. The van der Waals surface area contributed by atoms with Crippen molar-refractivity contribution in [2.45, 2.75) is 25.9 Å². The predicted octanol–water partition coefficient (Wildman–Crippen LogP) is 6.38. The molecule has 5 rings (SSSR count). The molecule has 0 amide bonds. The number of halogens is 2. The summed E-state index contributed by atoms with van der Waals surface area (Å²) in [6.45, 7) is 3.95. The summed E-state index contributed by atoms with van der Waals surface area (Å²) < 4.78 is 1.96. The number of nitrogens with one attached hydrogen (secondary N) is 1. The van der Waals surface area contributed by atoms with Gasteiger partial charge in [0.05, 0.1) is 29.2 Å². The van der Waals surface area contributed by atoms with Crippen LogP contribution in [0.25, 0.3) is 5.69 Å². The second kappa shape index (κ2) is 9.07. The van der Waals surface area contributed by atoms with E-state index in [0.717, 1.165) is 22.6 Å². The number of pyridine rings is 1. The third-order valence-corrected chi connectivity index (χ3v) is 7.05. The lowest BCUT2D eigenvalue weighted by Gasteiger charge is -2.28. The molecule has 6 nitrogen and oxygen atoms in total. The lowest BCUT2D eigenvalue weighted by molar-refractivity contribution is 0.471. The Hall–Kier alpha value is -3.26. The van der Waals surface area contributed by atoms with Gasteiger partial charge in [-0.2, -0.15) is 0 Å². The maximum atomic E-state index is 10.8. The summed E-state index contributed by atoms with van der Waals surface area (Å²) in [5, 5.41) is 26.2. The van der Waals surface area contributed by atoms with E-state index in [2.05, 4.69) is 16.4 Å². The van der Waals surface area contributed by atoms with Gasteiger partial charge in [-0.25, -0.2) is 0 Å². The largest absolute Gasteiger partial charge is 0.506 e. The molecular weight excluding hydrogens is 503 g/mol. The summed E-state index contributed by atoms with van der Waals surface area (Å²) in [4.78, 5) is 6.46. The first-order valence-corrected chi connectivity index (χ1v) is 12.1. The maximum absolute atomic E-state index is 10.8. The first-order chi connectivity index (χ1) is 16.8. The predicted molar refractivity (Wildman–Crippen MR) is 143 cm³/mol. The zero-order chi connectivity index (χ0) is 24.9. The molecule has 0 saturated carbocycles. The molecule has 0 aliphatic carbocycles. The van der Waals surface area contributed by atoms with Crippen molar-refractivity contribution in [1.29, 1.82) is 0 Å². The molecule has 9 heteroatoms. The highest BCUT2D eigenvalue weighted by molar-refractivity contribution is 7.80. The highest BCUT2D eigenvalue weighted by Crippen LogP contribution is 2.46. The number of hydrogen-bond acceptors (Lipinski definition) is 4. The number of nitrogens with zero attached hydrogens (tertiary/aromatic N) is 3. The van der Waals surface area contributed by atoms with Crippen molar-refractivity contribution in [3.8, 4) is 17.2 Å². The number of aromatic hydroxyl groups is 2. The molecule has 2 atom stereocenters. The molecule has 0 spiro atoms. The van der Waals surface area contributed by atoms with E-state index < -0.39 is 0 Å². The van der Waals surface area contributed by atoms with Gasteiger partial charge in [0, 0.05) is 27.6 Å². The zero-order valence-corrected chi connectivity index (χ0v) is 21.2. The Morgan fingerprint density at radius 1 is 0.914 bits per heavy atom. The van der Waals surface area contributed by atoms with Gasteiger partial charge in [0.2, 0.25) is 0 Å². The number of anilines is 1. The van der Waals surface area contributed by atoms with E-state index in [1.54, 1.807) is 42.6 Å². The van der Waals surface area contributed by atoms with Crippen molar-refractivity contribution in [3.05, 3.63) is 99.6 Å². The number of hydrogen-bond donors (Lipinski definition) is 3. The second-order valence-corrected chi connectivity index (χ2v) is 9.68. The molecule has 1 fully saturated rings. The number of rotatable bonds is 4. The summed E-state index contributed by atoms with van der Waals surface area (Å²) in [5.41, 5.74) is 4.63. The summed E-state index contributed by atoms with van der Waals surface area (Å²) >= 11 is 18.3. The summed E-state index contributed by atoms with van der Waals surface area (Å²) in [6, 6.07) is 17.0. The van der Waals surface area contributed by atoms with Gasteiger partial charge in [-0.05, 0) is 86.2 Å². The van der Waals surface area contributed by atoms with Gasteiger partial charge in [-0.1, -0.05) is 29.3 Å². The monoisotopic (exact) mass is 524 g/mol. The average Bonchev–Trinajstić information content (AvgIpc) is 3.33. The highest BCUT2D eigenvalue weighted by Gasteiger charge is 2.43. The van der Waals surface area contributed by atoms with E-state index in [-0.39, 0.29) is 23.6 Å². The minimum Gasteiger partial charge on any atom is -0.506 e. The Balaban J connectivity index is 1.73. The highest BCUT2D eigenvalue weighted by atomic mass is 35.5. The van der Waals surface area contributed by atoms with Gasteiger partial charge in [0.15, 0.2) is 5.11 Å². The van der Waals surface area contributed by atoms with Gasteiger partial charge in [-0.15, -0.1) is 0 Å². The number of phenols is 2. The Morgan fingerprint density at radius 2 is 1.57 bits per heavy atom. The van der Waals surface area contributed by atoms with E-state index in [1.807, 2.05) is 41.5 Å². The number of thiocarbonyl (C=S) groups is 1. The van der Waals surface area contributed by atoms with Crippen LogP contribution in [0.2, 0.25) is 10.0 Å². The van der Waals surface area contributed by atoms with Gasteiger partial charge in [0.1, 0.15) is 11.5 Å². The van der Waals surface area contributed by atoms with Crippen LogP contribution < -0.4 is 10.2 Å². The van der Waals surface area contributed by atoms with E-state index in [0.29, 0.717) is 26.5 Å². The van der Waals surface area contributed by atoms with E-state index in [9.17, 15) is 10.2 Å². The third kappa shape index (κ3) is 4.10.